The third-order valence-corrected chi connectivity index (χ3v) is 6.93. The number of sulfonamides is 1. The number of carbonyl (C=O) groups is 1. The normalized spacial score (nSPS) is 15.7. The third kappa shape index (κ3) is 4.46. The van der Waals surface area contributed by atoms with Gasteiger partial charge in [0.1, 0.15) is 5.01 Å². The Balaban J connectivity index is 1.69. The van der Waals surface area contributed by atoms with Crippen LogP contribution in [0.2, 0.25) is 0 Å². The number of nitrogens with one attached hydrogen (secondary N) is 1. The summed E-state index contributed by atoms with van der Waals surface area (Å²) in [6.45, 7) is 1.44. The SMILES string of the molecule is O=C(Nc1nnc(CCBr)s1)c1ccc(S(=O)(=O)N2CCOCC2)cc1. The van der Waals surface area contributed by atoms with E-state index >= 15 is 0 Å². The van der Waals surface area contributed by atoms with Crippen molar-refractivity contribution in [2.24, 2.45) is 0 Å². The van der Waals surface area contributed by atoms with Crippen molar-refractivity contribution in [3.8, 4) is 0 Å². The Kier molecular flexibility index (Phi) is 6.35. The molecule has 1 aromatic heterocycles. The molecule has 3 rings (SSSR count). The molecule has 2 aromatic rings. The molecule has 0 bridgehead atoms. The molecular weight excluding hydrogens is 444 g/mol. The largest absolute Gasteiger partial charge is 0.379 e. The zero-order valence-electron chi connectivity index (χ0n) is 13.7. The van der Waals surface area contributed by atoms with Gasteiger partial charge in [-0.2, -0.15) is 4.31 Å². The number of carbonyl (C=O) groups excluding carboxylic acids is 1. The van der Waals surface area contributed by atoms with Crippen LogP contribution in [0.1, 0.15) is 15.4 Å². The highest BCUT2D eigenvalue weighted by atomic mass is 79.9. The van der Waals surface area contributed by atoms with Crippen molar-refractivity contribution in [3.63, 3.8) is 0 Å². The van der Waals surface area contributed by atoms with E-state index in [1.54, 1.807) is 0 Å². The van der Waals surface area contributed by atoms with Crippen LogP contribution in [0, 0.1) is 0 Å². The summed E-state index contributed by atoms with van der Waals surface area (Å²) in [6, 6.07) is 5.86. The van der Waals surface area contributed by atoms with Crippen molar-refractivity contribution >= 4 is 48.3 Å². The first-order valence-corrected chi connectivity index (χ1v) is 11.3. The second kappa shape index (κ2) is 8.53. The number of hydrogen-bond acceptors (Lipinski definition) is 7. The Bertz CT molecular complexity index is 864. The highest BCUT2D eigenvalue weighted by Gasteiger charge is 2.26. The Morgan fingerprint density at radius 1 is 1.23 bits per heavy atom. The predicted octanol–water partition coefficient (Wildman–Crippen LogP) is 1.75. The van der Waals surface area contributed by atoms with E-state index in [9.17, 15) is 13.2 Å². The Morgan fingerprint density at radius 3 is 2.58 bits per heavy atom. The van der Waals surface area contributed by atoms with Gasteiger partial charge in [-0.3, -0.25) is 10.1 Å². The number of alkyl halides is 1. The zero-order chi connectivity index (χ0) is 18.6. The maximum Gasteiger partial charge on any atom is 0.257 e. The van der Waals surface area contributed by atoms with Crippen LogP contribution in [0.3, 0.4) is 0 Å². The maximum atomic E-state index is 12.6. The van der Waals surface area contributed by atoms with Crippen molar-refractivity contribution in [3.05, 3.63) is 34.8 Å². The number of halogens is 1. The van der Waals surface area contributed by atoms with Gasteiger partial charge < -0.3 is 4.74 Å². The molecule has 1 aromatic carbocycles. The van der Waals surface area contributed by atoms with E-state index in [2.05, 4.69) is 31.4 Å². The lowest BCUT2D eigenvalue weighted by Crippen LogP contribution is -2.40. The zero-order valence-corrected chi connectivity index (χ0v) is 16.9. The van der Waals surface area contributed by atoms with Gasteiger partial charge in [-0.25, -0.2) is 8.42 Å². The lowest BCUT2D eigenvalue weighted by Gasteiger charge is -2.26. The minimum Gasteiger partial charge on any atom is -0.379 e. The van der Waals surface area contributed by atoms with Gasteiger partial charge in [0, 0.05) is 30.4 Å². The van der Waals surface area contributed by atoms with Crippen LogP contribution in [0.4, 0.5) is 5.13 Å². The van der Waals surface area contributed by atoms with Gasteiger partial charge in [0.15, 0.2) is 0 Å². The van der Waals surface area contributed by atoms with Gasteiger partial charge in [0.05, 0.1) is 18.1 Å². The lowest BCUT2D eigenvalue weighted by atomic mass is 10.2. The smallest absolute Gasteiger partial charge is 0.257 e. The molecule has 1 saturated heterocycles. The summed E-state index contributed by atoms with van der Waals surface area (Å²) in [7, 11) is -3.57. The molecule has 0 spiro atoms. The van der Waals surface area contributed by atoms with E-state index in [0.717, 1.165) is 16.8 Å². The van der Waals surface area contributed by atoms with E-state index < -0.39 is 10.0 Å². The van der Waals surface area contributed by atoms with Gasteiger partial charge in [0.25, 0.3) is 5.91 Å². The van der Waals surface area contributed by atoms with Crippen LogP contribution in [0.15, 0.2) is 29.2 Å². The first-order chi connectivity index (χ1) is 12.5. The predicted molar refractivity (Wildman–Crippen MR) is 101 cm³/mol. The molecule has 0 atom stereocenters. The van der Waals surface area contributed by atoms with Gasteiger partial charge in [-0.1, -0.05) is 27.3 Å². The molecule has 0 unspecified atom stereocenters. The minimum absolute atomic E-state index is 0.159. The Morgan fingerprint density at radius 2 is 1.92 bits per heavy atom. The number of ether oxygens (including phenoxy) is 1. The molecule has 2 heterocycles. The van der Waals surface area contributed by atoms with Crippen LogP contribution >= 0.6 is 27.3 Å². The molecule has 1 aliphatic rings. The molecule has 1 N–H and O–H groups in total. The monoisotopic (exact) mass is 460 g/mol. The highest BCUT2D eigenvalue weighted by molar-refractivity contribution is 9.09. The molecule has 1 fully saturated rings. The van der Waals surface area contributed by atoms with E-state index in [-0.39, 0.29) is 10.8 Å². The number of benzene rings is 1. The quantitative estimate of drug-likeness (QED) is 0.658. The topological polar surface area (TPSA) is 101 Å². The molecule has 0 radical (unpaired) electrons. The fourth-order valence-corrected chi connectivity index (χ4v) is 5.15. The number of nitrogens with zero attached hydrogens (tertiary/aromatic N) is 3. The summed E-state index contributed by atoms with van der Waals surface area (Å²) in [4.78, 5) is 12.4. The van der Waals surface area contributed by atoms with Crippen LogP contribution in [-0.2, 0) is 21.2 Å². The van der Waals surface area contributed by atoms with Crippen LogP contribution < -0.4 is 5.32 Å². The van der Waals surface area contributed by atoms with Crippen molar-refractivity contribution in [2.45, 2.75) is 11.3 Å². The molecule has 8 nitrogen and oxygen atoms in total. The summed E-state index contributed by atoms with van der Waals surface area (Å²) in [5.74, 6) is -0.359. The van der Waals surface area contributed by atoms with Gasteiger partial charge in [0.2, 0.25) is 15.2 Å². The van der Waals surface area contributed by atoms with Crippen molar-refractivity contribution in [1.29, 1.82) is 0 Å². The summed E-state index contributed by atoms with van der Waals surface area (Å²) >= 11 is 4.63. The number of aryl methyl sites for hydroxylation is 1. The standard InChI is InChI=1S/C15H17BrN4O4S2/c16-6-5-13-18-19-15(25-13)17-14(21)11-1-3-12(4-2-11)26(22,23)20-7-9-24-10-8-20/h1-4H,5-10H2,(H,17,19,21). The molecule has 0 aliphatic carbocycles. The lowest BCUT2D eigenvalue weighted by molar-refractivity contribution is 0.0730. The summed E-state index contributed by atoms with van der Waals surface area (Å²) in [5, 5.41) is 12.6. The number of hydrogen-bond donors (Lipinski definition) is 1. The Labute approximate surface area is 163 Å². The first-order valence-electron chi connectivity index (χ1n) is 7.88. The maximum absolute atomic E-state index is 12.6. The van der Waals surface area contributed by atoms with Crippen LogP contribution in [0.5, 0.6) is 0 Å². The fourth-order valence-electron chi connectivity index (χ4n) is 2.37. The van der Waals surface area contributed by atoms with Gasteiger partial charge >= 0.3 is 0 Å². The second-order valence-electron chi connectivity index (χ2n) is 5.43. The number of anilines is 1. The number of rotatable bonds is 6. The van der Waals surface area contributed by atoms with Crippen molar-refractivity contribution in [2.75, 3.05) is 37.0 Å². The highest BCUT2D eigenvalue weighted by Crippen LogP contribution is 2.20. The molecule has 140 valence electrons. The molecule has 11 heteroatoms. The van der Waals surface area contributed by atoms with E-state index in [4.69, 9.17) is 4.74 Å². The molecule has 26 heavy (non-hydrogen) atoms. The fraction of sp³-hybridized carbons (Fsp3) is 0.400. The number of amides is 1. The van der Waals surface area contributed by atoms with Gasteiger partial charge in [-0.15, -0.1) is 10.2 Å². The summed E-state index contributed by atoms with van der Waals surface area (Å²) < 4.78 is 31.7. The minimum atomic E-state index is -3.57. The van der Waals surface area contributed by atoms with Gasteiger partial charge in [-0.05, 0) is 24.3 Å². The molecule has 1 amide bonds. The molecular formula is C15H17BrN4O4S2. The summed E-state index contributed by atoms with van der Waals surface area (Å²) in [5.41, 5.74) is 0.350. The van der Waals surface area contributed by atoms with Crippen LogP contribution in [0.25, 0.3) is 0 Å². The molecule has 1 aliphatic heterocycles. The van der Waals surface area contributed by atoms with Crippen LogP contribution in [-0.4, -0.2) is 60.5 Å². The first kappa shape index (κ1) is 19.4. The third-order valence-electron chi connectivity index (χ3n) is 3.72. The average molecular weight is 461 g/mol. The van der Waals surface area contributed by atoms with Crippen molar-refractivity contribution < 1.29 is 17.9 Å². The van der Waals surface area contributed by atoms with E-state index in [0.29, 0.717) is 37.0 Å². The van der Waals surface area contributed by atoms with E-state index in [1.807, 2.05) is 0 Å². The number of aromatic nitrogens is 2. The van der Waals surface area contributed by atoms with Crippen molar-refractivity contribution in [1.82, 2.24) is 14.5 Å². The number of morpholine rings is 1. The average Bonchev–Trinajstić information content (AvgIpc) is 3.10. The van der Waals surface area contributed by atoms with E-state index in [1.165, 1.54) is 39.9 Å². The Hall–Kier alpha value is -1.40. The second-order valence-corrected chi connectivity index (χ2v) is 9.23. The summed E-state index contributed by atoms with van der Waals surface area (Å²) in [6.07, 6.45) is 0.738. The molecule has 0 saturated carbocycles.